The molecule has 0 saturated carbocycles. The van der Waals surface area contributed by atoms with Gasteiger partial charge in [-0.25, -0.2) is 0 Å². The molecule has 0 aliphatic carbocycles. The van der Waals surface area contributed by atoms with Gasteiger partial charge in [-0.15, -0.1) is 0 Å². The van der Waals surface area contributed by atoms with E-state index in [1.807, 2.05) is 6.07 Å². The summed E-state index contributed by atoms with van der Waals surface area (Å²) in [5.41, 5.74) is 7.04. The van der Waals surface area contributed by atoms with Gasteiger partial charge in [0.1, 0.15) is 0 Å². The van der Waals surface area contributed by atoms with Crippen LogP contribution in [0.2, 0.25) is 0 Å². The van der Waals surface area contributed by atoms with Crippen molar-refractivity contribution in [1.29, 1.82) is 0 Å². The number of nitrogens with two attached hydrogens (primary N) is 1. The Balaban J connectivity index is 2.28. The van der Waals surface area contributed by atoms with E-state index in [4.69, 9.17) is 5.73 Å². The van der Waals surface area contributed by atoms with Gasteiger partial charge in [0.2, 0.25) is 0 Å². The maximum absolute atomic E-state index is 5.72. The van der Waals surface area contributed by atoms with Gasteiger partial charge in [0.05, 0.1) is 0 Å². The number of hydrogen-bond acceptors (Lipinski definition) is 2. The number of benzene rings is 1. The van der Waals surface area contributed by atoms with Gasteiger partial charge >= 0.3 is 0 Å². The second-order valence-corrected chi connectivity index (χ2v) is 3.94. The number of nitrogens with one attached hydrogen (secondary N) is 1. The highest BCUT2D eigenvalue weighted by atomic mass is 14.9. The number of rotatable bonds is 7. The molecule has 3 N–H and O–H groups in total. The van der Waals surface area contributed by atoms with Crippen molar-refractivity contribution < 1.29 is 0 Å². The van der Waals surface area contributed by atoms with Gasteiger partial charge in [0.25, 0.3) is 0 Å². The van der Waals surface area contributed by atoms with Crippen molar-refractivity contribution in [3.05, 3.63) is 35.9 Å². The first-order valence-corrected chi connectivity index (χ1v) is 5.84. The minimum atomic E-state index is 0.463. The zero-order valence-corrected chi connectivity index (χ0v) is 9.58. The van der Waals surface area contributed by atoms with Crippen LogP contribution in [0.1, 0.15) is 31.7 Å². The third-order valence-corrected chi connectivity index (χ3v) is 2.63. The average molecular weight is 206 g/mol. The summed E-state index contributed by atoms with van der Waals surface area (Å²) >= 11 is 0. The summed E-state index contributed by atoms with van der Waals surface area (Å²) in [6.07, 6.45) is 3.67. The molecule has 0 amide bonds. The van der Waals surface area contributed by atoms with Gasteiger partial charge in [-0.3, -0.25) is 0 Å². The lowest BCUT2D eigenvalue weighted by atomic mass is 10.1. The molecule has 0 saturated heterocycles. The summed E-state index contributed by atoms with van der Waals surface area (Å²) in [6.45, 7) is 3.87. The summed E-state index contributed by atoms with van der Waals surface area (Å²) in [7, 11) is 0. The normalized spacial score (nSPS) is 12.7. The van der Waals surface area contributed by atoms with Gasteiger partial charge in [-0.05, 0) is 12.0 Å². The Morgan fingerprint density at radius 1 is 1.27 bits per heavy atom. The van der Waals surface area contributed by atoms with Crippen molar-refractivity contribution in [2.45, 2.75) is 38.8 Å². The molecular formula is C13H22N2. The summed E-state index contributed by atoms with van der Waals surface area (Å²) in [5.74, 6) is 0. The molecule has 2 nitrogen and oxygen atoms in total. The van der Waals surface area contributed by atoms with Crippen LogP contribution in [0.4, 0.5) is 0 Å². The largest absolute Gasteiger partial charge is 0.329 e. The van der Waals surface area contributed by atoms with Crippen LogP contribution in [0.3, 0.4) is 0 Å². The molecule has 0 aromatic heterocycles. The third kappa shape index (κ3) is 4.96. The second-order valence-electron chi connectivity index (χ2n) is 3.94. The second kappa shape index (κ2) is 7.43. The summed E-state index contributed by atoms with van der Waals surface area (Å²) < 4.78 is 0. The standard InChI is InChI=1S/C13H22N2/c1-2-3-9-13(10-14)15-11-12-7-5-4-6-8-12/h4-8,13,15H,2-3,9-11,14H2,1H3. The lowest BCUT2D eigenvalue weighted by molar-refractivity contribution is 0.470. The van der Waals surface area contributed by atoms with Gasteiger partial charge in [0, 0.05) is 19.1 Å². The molecule has 0 spiro atoms. The molecule has 0 fully saturated rings. The van der Waals surface area contributed by atoms with Gasteiger partial charge in [-0.2, -0.15) is 0 Å². The van der Waals surface area contributed by atoms with E-state index >= 15 is 0 Å². The molecule has 1 aromatic carbocycles. The van der Waals surface area contributed by atoms with E-state index in [1.54, 1.807) is 0 Å². The fourth-order valence-electron chi connectivity index (χ4n) is 1.61. The van der Waals surface area contributed by atoms with Crippen molar-refractivity contribution in [3.63, 3.8) is 0 Å². The first-order valence-electron chi connectivity index (χ1n) is 5.84. The van der Waals surface area contributed by atoms with E-state index in [1.165, 1.54) is 24.8 Å². The topological polar surface area (TPSA) is 38.0 Å². The molecule has 1 atom stereocenters. The zero-order chi connectivity index (χ0) is 10.9. The highest BCUT2D eigenvalue weighted by Crippen LogP contribution is 2.02. The molecule has 1 rings (SSSR count). The van der Waals surface area contributed by atoms with Crippen LogP contribution in [0.25, 0.3) is 0 Å². The molecule has 0 aliphatic heterocycles. The smallest absolute Gasteiger partial charge is 0.0208 e. The van der Waals surface area contributed by atoms with Crippen molar-refractivity contribution in [2.24, 2.45) is 5.73 Å². The first-order chi connectivity index (χ1) is 7.36. The van der Waals surface area contributed by atoms with E-state index < -0.39 is 0 Å². The zero-order valence-electron chi connectivity index (χ0n) is 9.58. The minimum Gasteiger partial charge on any atom is -0.329 e. The van der Waals surface area contributed by atoms with Crippen molar-refractivity contribution >= 4 is 0 Å². The molecular weight excluding hydrogens is 184 g/mol. The van der Waals surface area contributed by atoms with Crippen molar-refractivity contribution in [3.8, 4) is 0 Å². The summed E-state index contributed by atoms with van der Waals surface area (Å²) in [6, 6.07) is 10.9. The lowest BCUT2D eigenvalue weighted by Gasteiger charge is -2.16. The van der Waals surface area contributed by atoms with Crippen molar-refractivity contribution in [1.82, 2.24) is 5.32 Å². The minimum absolute atomic E-state index is 0.463. The van der Waals surface area contributed by atoms with E-state index in [9.17, 15) is 0 Å². The third-order valence-electron chi connectivity index (χ3n) is 2.63. The lowest BCUT2D eigenvalue weighted by Crippen LogP contribution is -2.35. The maximum atomic E-state index is 5.72. The SMILES string of the molecule is CCCCC(CN)NCc1ccccc1. The van der Waals surface area contributed by atoms with Crippen LogP contribution in [-0.2, 0) is 6.54 Å². The molecule has 84 valence electrons. The Bertz CT molecular complexity index is 246. The highest BCUT2D eigenvalue weighted by molar-refractivity contribution is 5.14. The van der Waals surface area contributed by atoms with Crippen LogP contribution < -0.4 is 11.1 Å². The highest BCUT2D eigenvalue weighted by Gasteiger charge is 2.04. The molecule has 0 heterocycles. The maximum Gasteiger partial charge on any atom is 0.0208 e. The molecule has 15 heavy (non-hydrogen) atoms. The van der Waals surface area contributed by atoms with Crippen LogP contribution >= 0.6 is 0 Å². The van der Waals surface area contributed by atoms with E-state index in [2.05, 4.69) is 36.5 Å². The Kier molecular flexibility index (Phi) is 6.05. The van der Waals surface area contributed by atoms with E-state index in [0.717, 1.165) is 13.1 Å². The Labute approximate surface area is 92.9 Å². The Morgan fingerprint density at radius 2 is 2.00 bits per heavy atom. The summed E-state index contributed by atoms with van der Waals surface area (Å²) in [4.78, 5) is 0. The predicted octanol–water partition coefficient (Wildman–Crippen LogP) is 2.29. The molecule has 0 aliphatic rings. The van der Waals surface area contributed by atoms with Crippen LogP contribution in [0.5, 0.6) is 0 Å². The molecule has 2 heteroatoms. The van der Waals surface area contributed by atoms with Crippen LogP contribution in [0, 0.1) is 0 Å². The fourth-order valence-corrected chi connectivity index (χ4v) is 1.61. The quantitative estimate of drug-likeness (QED) is 0.718. The van der Waals surface area contributed by atoms with Crippen LogP contribution in [-0.4, -0.2) is 12.6 Å². The monoisotopic (exact) mass is 206 g/mol. The fraction of sp³-hybridized carbons (Fsp3) is 0.538. The Hall–Kier alpha value is -0.860. The molecule has 1 aromatic rings. The van der Waals surface area contributed by atoms with Crippen molar-refractivity contribution in [2.75, 3.05) is 6.54 Å². The molecule has 1 unspecified atom stereocenters. The van der Waals surface area contributed by atoms with Gasteiger partial charge in [0.15, 0.2) is 0 Å². The molecule has 0 bridgehead atoms. The van der Waals surface area contributed by atoms with Gasteiger partial charge in [-0.1, -0.05) is 50.1 Å². The molecule has 0 radical (unpaired) electrons. The first kappa shape index (κ1) is 12.2. The number of hydrogen-bond donors (Lipinski definition) is 2. The number of unbranched alkanes of at least 4 members (excludes halogenated alkanes) is 1. The van der Waals surface area contributed by atoms with E-state index in [0.29, 0.717) is 6.04 Å². The van der Waals surface area contributed by atoms with Gasteiger partial charge < -0.3 is 11.1 Å². The Morgan fingerprint density at radius 3 is 2.60 bits per heavy atom. The average Bonchev–Trinajstić information content (AvgIpc) is 2.31. The van der Waals surface area contributed by atoms with Crippen LogP contribution in [0.15, 0.2) is 30.3 Å². The summed E-state index contributed by atoms with van der Waals surface area (Å²) in [5, 5.41) is 3.50. The van der Waals surface area contributed by atoms with E-state index in [-0.39, 0.29) is 0 Å². The predicted molar refractivity (Wildman–Crippen MR) is 65.6 cm³/mol.